The largest absolute Gasteiger partial charge is 0.348 e. The topological polar surface area (TPSA) is 61.4 Å². The zero-order valence-corrected chi connectivity index (χ0v) is 14.6. The zero-order valence-electron chi connectivity index (χ0n) is 14.6. The van der Waals surface area contributed by atoms with Crippen molar-refractivity contribution in [3.8, 4) is 0 Å². The summed E-state index contributed by atoms with van der Waals surface area (Å²) < 4.78 is 0. The van der Waals surface area contributed by atoms with Crippen molar-refractivity contribution in [3.05, 3.63) is 64.7 Å². The zero-order chi connectivity index (χ0) is 17.8. The van der Waals surface area contributed by atoms with Crippen LogP contribution in [-0.4, -0.2) is 30.8 Å². The molecule has 3 rings (SSSR count). The Morgan fingerprint density at radius 2 is 1.88 bits per heavy atom. The third kappa shape index (κ3) is 4.25. The number of carbonyl (C=O) groups excluding carboxylic acids is 2. The molecule has 25 heavy (non-hydrogen) atoms. The number of aryl methyl sites for hydroxylation is 1. The van der Waals surface area contributed by atoms with E-state index >= 15 is 0 Å². The maximum Gasteiger partial charge on any atom is 0.251 e. The van der Waals surface area contributed by atoms with E-state index in [1.807, 2.05) is 38.4 Å². The minimum atomic E-state index is -0.0978. The summed E-state index contributed by atoms with van der Waals surface area (Å²) in [5.74, 6) is -0.0680. The Balaban J connectivity index is 1.68. The molecule has 0 spiro atoms. The molecule has 2 N–H and O–H groups in total. The van der Waals surface area contributed by atoms with Crippen LogP contribution in [0.2, 0.25) is 0 Å². The van der Waals surface area contributed by atoms with E-state index in [1.54, 1.807) is 12.1 Å². The molecule has 0 radical (unpaired) electrons. The number of benzene rings is 2. The van der Waals surface area contributed by atoms with Crippen LogP contribution in [0.5, 0.6) is 0 Å². The molecule has 1 aliphatic rings. The highest BCUT2D eigenvalue weighted by Crippen LogP contribution is 2.23. The molecule has 0 unspecified atom stereocenters. The lowest BCUT2D eigenvalue weighted by molar-refractivity contribution is -0.116. The molecule has 5 nitrogen and oxygen atoms in total. The molecule has 0 fully saturated rings. The first-order valence-corrected chi connectivity index (χ1v) is 8.45. The summed E-state index contributed by atoms with van der Waals surface area (Å²) in [6, 6.07) is 13.6. The van der Waals surface area contributed by atoms with Crippen LogP contribution in [0.25, 0.3) is 0 Å². The smallest absolute Gasteiger partial charge is 0.251 e. The van der Waals surface area contributed by atoms with Crippen molar-refractivity contribution in [2.45, 2.75) is 25.9 Å². The van der Waals surface area contributed by atoms with Crippen LogP contribution < -0.4 is 10.6 Å². The molecule has 0 bridgehead atoms. The molecule has 2 amide bonds. The lowest BCUT2D eigenvalue weighted by Gasteiger charge is -2.18. The molecular weight excluding hydrogens is 314 g/mol. The van der Waals surface area contributed by atoms with Gasteiger partial charge in [0.1, 0.15) is 0 Å². The Morgan fingerprint density at radius 1 is 1.12 bits per heavy atom. The molecule has 5 heteroatoms. The highest BCUT2D eigenvalue weighted by Gasteiger charge is 2.16. The molecule has 0 aliphatic carbocycles. The van der Waals surface area contributed by atoms with Gasteiger partial charge in [0.25, 0.3) is 5.91 Å². The predicted octanol–water partition coefficient (Wildman–Crippen LogP) is 2.56. The molecule has 2 aromatic rings. The van der Waals surface area contributed by atoms with E-state index in [9.17, 15) is 9.59 Å². The van der Waals surface area contributed by atoms with E-state index in [1.165, 1.54) is 5.56 Å². The number of anilines is 1. The number of nitrogens with zero attached hydrogens (tertiary/aromatic N) is 1. The Hall–Kier alpha value is -2.66. The van der Waals surface area contributed by atoms with E-state index in [2.05, 4.69) is 21.6 Å². The fraction of sp³-hybridized carbons (Fsp3) is 0.300. The van der Waals surface area contributed by atoms with Crippen molar-refractivity contribution in [2.75, 3.05) is 19.4 Å². The van der Waals surface area contributed by atoms with Crippen molar-refractivity contribution in [1.82, 2.24) is 10.2 Å². The second-order valence-corrected chi connectivity index (χ2v) is 6.61. The van der Waals surface area contributed by atoms with Gasteiger partial charge < -0.3 is 15.5 Å². The number of hydrogen-bond acceptors (Lipinski definition) is 3. The van der Waals surface area contributed by atoms with E-state index in [0.717, 1.165) is 23.4 Å². The summed E-state index contributed by atoms with van der Waals surface area (Å²) in [5, 5.41) is 5.83. The maximum atomic E-state index is 12.5. The normalized spacial score (nSPS) is 13.3. The number of carbonyl (C=O) groups is 2. The minimum Gasteiger partial charge on any atom is -0.348 e. The third-order valence-corrected chi connectivity index (χ3v) is 4.31. The summed E-state index contributed by atoms with van der Waals surface area (Å²) in [4.78, 5) is 26.0. The summed E-state index contributed by atoms with van der Waals surface area (Å²) >= 11 is 0. The third-order valence-electron chi connectivity index (χ3n) is 4.31. The molecule has 0 saturated heterocycles. The van der Waals surface area contributed by atoms with Crippen LogP contribution in [0.1, 0.15) is 33.5 Å². The van der Waals surface area contributed by atoms with Gasteiger partial charge in [-0.05, 0) is 55.4 Å². The van der Waals surface area contributed by atoms with Crippen LogP contribution >= 0.6 is 0 Å². The van der Waals surface area contributed by atoms with Gasteiger partial charge in [-0.3, -0.25) is 9.59 Å². The summed E-state index contributed by atoms with van der Waals surface area (Å²) in [7, 11) is 4.06. The van der Waals surface area contributed by atoms with Gasteiger partial charge in [-0.15, -0.1) is 0 Å². The van der Waals surface area contributed by atoms with E-state index in [-0.39, 0.29) is 11.8 Å². The molecule has 0 atom stereocenters. The van der Waals surface area contributed by atoms with Crippen molar-refractivity contribution in [3.63, 3.8) is 0 Å². The number of rotatable bonds is 5. The van der Waals surface area contributed by atoms with Crippen LogP contribution in [0, 0.1) is 0 Å². The van der Waals surface area contributed by atoms with E-state index < -0.39 is 0 Å². The molecule has 0 aromatic heterocycles. The van der Waals surface area contributed by atoms with Crippen molar-refractivity contribution in [1.29, 1.82) is 0 Å². The number of fused-ring (bicyclic) bond motifs is 1. The SMILES string of the molecule is CN(C)Cc1ccccc1CNC(=O)c1ccc2c(c1)CCC(=O)N2. The van der Waals surface area contributed by atoms with E-state index in [4.69, 9.17) is 0 Å². The Labute approximate surface area is 148 Å². The summed E-state index contributed by atoms with van der Waals surface area (Å²) in [5.41, 5.74) is 4.78. The molecular formula is C20H23N3O2. The second-order valence-electron chi connectivity index (χ2n) is 6.61. The maximum absolute atomic E-state index is 12.5. The van der Waals surface area contributed by atoms with Crippen molar-refractivity contribution in [2.24, 2.45) is 0 Å². The van der Waals surface area contributed by atoms with Crippen LogP contribution in [0.15, 0.2) is 42.5 Å². The quantitative estimate of drug-likeness (QED) is 0.881. The van der Waals surface area contributed by atoms with Crippen molar-refractivity contribution < 1.29 is 9.59 Å². The van der Waals surface area contributed by atoms with Crippen LogP contribution in [0.3, 0.4) is 0 Å². The Kier molecular flexibility index (Phi) is 5.14. The first-order chi connectivity index (χ1) is 12.0. The van der Waals surface area contributed by atoms with Gasteiger partial charge in [0, 0.05) is 30.8 Å². The molecule has 130 valence electrons. The lowest BCUT2D eigenvalue weighted by Crippen LogP contribution is -2.25. The molecule has 1 aliphatic heterocycles. The van der Waals surface area contributed by atoms with Gasteiger partial charge in [0.2, 0.25) is 5.91 Å². The van der Waals surface area contributed by atoms with Gasteiger partial charge >= 0.3 is 0 Å². The van der Waals surface area contributed by atoms with Gasteiger partial charge in [-0.2, -0.15) is 0 Å². The van der Waals surface area contributed by atoms with Gasteiger partial charge in [-0.25, -0.2) is 0 Å². The first kappa shape index (κ1) is 17.2. The lowest BCUT2D eigenvalue weighted by atomic mass is 10.00. The fourth-order valence-electron chi connectivity index (χ4n) is 3.03. The van der Waals surface area contributed by atoms with Crippen molar-refractivity contribution >= 4 is 17.5 Å². The molecule has 0 saturated carbocycles. The number of amides is 2. The van der Waals surface area contributed by atoms with Gasteiger partial charge in [0.15, 0.2) is 0 Å². The van der Waals surface area contributed by atoms with Gasteiger partial charge in [-0.1, -0.05) is 24.3 Å². The van der Waals surface area contributed by atoms with E-state index in [0.29, 0.717) is 24.9 Å². The summed E-state index contributed by atoms with van der Waals surface area (Å²) in [6.07, 6.45) is 1.14. The first-order valence-electron chi connectivity index (χ1n) is 8.45. The Morgan fingerprint density at radius 3 is 2.64 bits per heavy atom. The monoisotopic (exact) mass is 337 g/mol. The highest BCUT2D eigenvalue weighted by molar-refractivity contribution is 5.97. The number of nitrogens with one attached hydrogen (secondary N) is 2. The standard InChI is InChI=1S/C20H23N3O2/c1-23(2)13-17-6-4-3-5-16(17)12-21-20(25)15-7-9-18-14(11-15)8-10-19(24)22-18/h3-7,9,11H,8,10,12-13H2,1-2H3,(H,21,25)(H,22,24). The van der Waals surface area contributed by atoms with Crippen LogP contribution in [-0.2, 0) is 24.3 Å². The minimum absolute atomic E-state index is 0.0298. The van der Waals surface area contributed by atoms with Gasteiger partial charge in [0.05, 0.1) is 0 Å². The molecule has 2 aromatic carbocycles. The predicted molar refractivity (Wildman–Crippen MR) is 98.4 cm³/mol. The van der Waals surface area contributed by atoms with Crippen LogP contribution in [0.4, 0.5) is 5.69 Å². The number of hydrogen-bond donors (Lipinski definition) is 2. The average Bonchev–Trinajstić information content (AvgIpc) is 2.59. The highest BCUT2D eigenvalue weighted by atomic mass is 16.2. The molecule has 1 heterocycles. The average molecular weight is 337 g/mol. The summed E-state index contributed by atoms with van der Waals surface area (Å²) in [6.45, 7) is 1.33. The fourth-order valence-corrected chi connectivity index (χ4v) is 3.03. The second kappa shape index (κ2) is 7.49. The Bertz CT molecular complexity index is 799.